The standard InChI is InChI=1S/C17H12ClFN6O3.H2S/c1-8(9-2-3-12(19)11(18)4-9)25-14-13(6-21-25)22-17(23-15(14)26)24-7-10(5-20-24)16(27)28;/h2-8H,1H3,(H,27,28)(H,22,23,26);1H2/t8-;/m0./s1. The van der Waals surface area contributed by atoms with E-state index in [1.165, 1.54) is 29.2 Å². The van der Waals surface area contributed by atoms with Crippen molar-refractivity contribution in [1.82, 2.24) is 29.5 Å². The second-order valence-corrected chi connectivity index (χ2v) is 6.45. The van der Waals surface area contributed by atoms with Crippen molar-refractivity contribution in [3.05, 3.63) is 69.1 Å². The highest BCUT2D eigenvalue weighted by atomic mass is 35.5. The second-order valence-electron chi connectivity index (χ2n) is 6.04. The molecule has 3 heterocycles. The third-order valence-corrected chi connectivity index (χ3v) is 4.57. The molecule has 0 saturated carbocycles. The first-order valence-electron chi connectivity index (χ1n) is 8.06. The summed E-state index contributed by atoms with van der Waals surface area (Å²) in [5, 5.41) is 17.1. The van der Waals surface area contributed by atoms with E-state index >= 15 is 0 Å². The summed E-state index contributed by atoms with van der Waals surface area (Å²) in [5.74, 6) is -1.62. The third kappa shape index (κ3) is 3.61. The minimum absolute atomic E-state index is 0. The lowest BCUT2D eigenvalue weighted by Gasteiger charge is -2.14. The number of hydrogen-bond acceptors (Lipinski definition) is 5. The number of H-pyrrole nitrogens is 1. The number of carbonyl (C=O) groups is 1. The third-order valence-electron chi connectivity index (χ3n) is 4.28. The summed E-state index contributed by atoms with van der Waals surface area (Å²) >= 11 is 5.85. The van der Waals surface area contributed by atoms with Crippen LogP contribution in [0.2, 0.25) is 5.02 Å². The van der Waals surface area contributed by atoms with Crippen LogP contribution in [0.25, 0.3) is 17.0 Å². The molecule has 2 N–H and O–H groups in total. The maximum Gasteiger partial charge on any atom is 0.338 e. The molecule has 4 rings (SSSR count). The van der Waals surface area contributed by atoms with Crippen molar-refractivity contribution < 1.29 is 14.3 Å². The Morgan fingerprint density at radius 3 is 2.72 bits per heavy atom. The fourth-order valence-electron chi connectivity index (χ4n) is 2.82. The van der Waals surface area contributed by atoms with Crippen LogP contribution in [0.3, 0.4) is 0 Å². The first-order chi connectivity index (χ1) is 13.3. The van der Waals surface area contributed by atoms with Crippen LogP contribution in [0.1, 0.15) is 28.9 Å². The number of aromatic amines is 1. The Morgan fingerprint density at radius 2 is 2.07 bits per heavy atom. The van der Waals surface area contributed by atoms with Crippen LogP contribution in [0.15, 0.2) is 41.6 Å². The van der Waals surface area contributed by atoms with E-state index in [2.05, 4.69) is 20.2 Å². The lowest BCUT2D eigenvalue weighted by molar-refractivity contribution is 0.0697. The molecular weight excluding hydrogens is 423 g/mol. The maximum absolute atomic E-state index is 13.4. The largest absolute Gasteiger partial charge is 0.478 e. The smallest absolute Gasteiger partial charge is 0.338 e. The van der Waals surface area contributed by atoms with Crippen LogP contribution in [0, 0.1) is 5.82 Å². The molecule has 12 heteroatoms. The lowest BCUT2D eigenvalue weighted by atomic mass is 10.1. The second kappa shape index (κ2) is 7.68. The Labute approximate surface area is 174 Å². The van der Waals surface area contributed by atoms with Gasteiger partial charge in [0.25, 0.3) is 5.56 Å². The number of hydrogen-bond donors (Lipinski definition) is 2. The number of nitrogens with one attached hydrogen (secondary N) is 1. The van der Waals surface area contributed by atoms with Crippen LogP contribution >= 0.6 is 25.1 Å². The highest BCUT2D eigenvalue weighted by Crippen LogP contribution is 2.25. The Morgan fingerprint density at radius 1 is 1.31 bits per heavy atom. The lowest BCUT2D eigenvalue weighted by Crippen LogP contribution is -2.19. The summed E-state index contributed by atoms with van der Waals surface area (Å²) in [4.78, 5) is 30.5. The Bertz CT molecular complexity index is 1280. The van der Waals surface area contributed by atoms with Crippen LogP contribution in [-0.4, -0.2) is 40.6 Å². The molecule has 150 valence electrons. The van der Waals surface area contributed by atoms with Crippen molar-refractivity contribution in [1.29, 1.82) is 0 Å². The maximum atomic E-state index is 13.4. The van der Waals surface area contributed by atoms with Crippen molar-refractivity contribution in [2.24, 2.45) is 0 Å². The fraction of sp³-hybridized carbons (Fsp3) is 0.118. The van der Waals surface area contributed by atoms with Gasteiger partial charge in [-0.25, -0.2) is 18.9 Å². The molecule has 1 aromatic carbocycles. The monoisotopic (exact) mass is 436 g/mol. The normalized spacial score (nSPS) is 12.0. The van der Waals surface area contributed by atoms with Crippen LogP contribution < -0.4 is 5.56 Å². The van der Waals surface area contributed by atoms with Crippen LogP contribution in [-0.2, 0) is 0 Å². The predicted molar refractivity (Wildman–Crippen MR) is 108 cm³/mol. The highest BCUT2D eigenvalue weighted by molar-refractivity contribution is 7.59. The van der Waals surface area contributed by atoms with Gasteiger partial charge in [0.05, 0.1) is 29.0 Å². The molecule has 0 fully saturated rings. The van der Waals surface area contributed by atoms with Crippen molar-refractivity contribution in [3.63, 3.8) is 0 Å². The number of nitrogens with zero attached hydrogens (tertiary/aromatic N) is 5. The van der Waals surface area contributed by atoms with E-state index in [0.29, 0.717) is 11.1 Å². The van der Waals surface area contributed by atoms with Gasteiger partial charge in [-0.2, -0.15) is 23.7 Å². The van der Waals surface area contributed by atoms with Gasteiger partial charge in [0.1, 0.15) is 11.3 Å². The van der Waals surface area contributed by atoms with Gasteiger partial charge in [-0.15, -0.1) is 0 Å². The molecule has 3 aromatic heterocycles. The van der Waals surface area contributed by atoms with Gasteiger partial charge in [0.15, 0.2) is 5.52 Å². The Kier molecular flexibility index (Phi) is 5.44. The van der Waals surface area contributed by atoms with E-state index < -0.39 is 23.4 Å². The van der Waals surface area contributed by atoms with E-state index in [4.69, 9.17) is 16.7 Å². The predicted octanol–water partition coefficient (Wildman–Crippen LogP) is 2.52. The molecule has 1 atom stereocenters. The van der Waals surface area contributed by atoms with Gasteiger partial charge in [-0.1, -0.05) is 17.7 Å². The molecule has 0 radical (unpaired) electrons. The van der Waals surface area contributed by atoms with Crippen molar-refractivity contribution in [2.75, 3.05) is 0 Å². The molecule has 0 aliphatic heterocycles. The molecular formula is C17H14ClFN6O3S. The quantitative estimate of drug-likeness (QED) is 0.507. The fourth-order valence-corrected chi connectivity index (χ4v) is 3.01. The van der Waals surface area contributed by atoms with Gasteiger partial charge in [-0.3, -0.25) is 14.5 Å². The Balaban J connectivity index is 0.00000240. The highest BCUT2D eigenvalue weighted by Gasteiger charge is 2.18. The average Bonchev–Trinajstić information content (AvgIpc) is 3.30. The minimum atomic E-state index is -1.14. The van der Waals surface area contributed by atoms with Gasteiger partial charge in [0, 0.05) is 6.20 Å². The molecule has 4 aromatic rings. The topological polar surface area (TPSA) is 119 Å². The first-order valence-corrected chi connectivity index (χ1v) is 8.44. The number of halogens is 2. The zero-order chi connectivity index (χ0) is 20.0. The number of rotatable bonds is 4. The van der Waals surface area contributed by atoms with Crippen molar-refractivity contribution in [3.8, 4) is 5.95 Å². The molecule has 0 saturated heterocycles. The first kappa shape index (κ1) is 20.6. The summed E-state index contributed by atoms with van der Waals surface area (Å²) in [6.07, 6.45) is 3.80. The average molecular weight is 437 g/mol. The summed E-state index contributed by atoms with van der Waals surface area (Å²) < 4.78 is 16.0. The SMILES string of the molecule is C[C@@H](c1ccc(F)c(Cl)c1)n1ncc2nc(-n3cc(C(=O)O)cn3)[nH]c(=O)c21.S. The number of aromatic carboxylic acids is 1. The van der Waals surface area contributed by atoms with Gasteiger partial charge >= 0.3 is 5.97 Å². The zero-order valence-electron chi connectivity index (χ0n) is 14.8. The molecule has 0 bridgehead atoms. The number of fused-ring (bicyclic) bond motifs is 1. The number of carboxylic acid groups (broad SMARTS) is 1. The van der Waals surface area contributed by atoms with Crippen LogP contribution in [0.5, 0.6) is 0 Å². The summed E-state index contributed by atoms with van der Waals surface area (Å²) in [7, 11) is 0. The minimum Gasteiger partial charge on any atom is -0.478 e. The van der Waals surface area contributed by atoms with Gasteiger partial charge < -0.3 is 5.11 Å². The van der Waals surface area contributed by atoms with Crippen molar-refractivity contribution >= 4 is 42.1 Å². The molecule has 29 heavy (non-hydrogen) atoms. The number of benzene rings is 1. The van der Waals surface area contributed by atoms with Gasteiger partial charge in [-0.05, 0) is 24.6 Å². The van der Waals surface area contributed by atoms with Gasteiger partial charge in [0.2, 0.25) is 5.95 Å². The molecule has 9 nitrogen and oxygen atoms in total. The molecule has 0 aliphatic rings. The summed E-state index contributed by atoms with van der Waals surface area (Å²) in [6.45, 7) is 1.79. The molecule has 0 spiro atoms. The molecule has 0 amide bonds. The van der Waals surface area contributed by atoms with E-state index in [0.717, 1.165) is 10.9 Å². The van der Waals surface area contributed by atoms with Crippen molar-refractivity contribution in [2.45, 2.75) is 13.0 Å². The summed E-state index contributed by atoms with van der Waals surface area (Å²) in [6, 6.07) is 3.88. The molecule has 0 aliphatic carbocycles. The van der Waals surface area contributed by atoms with Crippen LogP contribution in [0.4, 0.5) is 4.39 Å². The van der Waals surface area contributed by atoms with E-state index in [-0.39, 0.29) is 35.5 Å². The number of aromatic nitrogens is 6. The molecule has 0 unspecified atom stereocenters. The van der Waals surface area contributed by atoms with E-state index in [9.17, 15) is 14.0 Å². The zero-order valence-corrected chi connectivity index (χ0v) is 16.6. The Hall–Kier alpha value is -3.18. The number of carboxylic acids is 1. The van der Waals surface area contributed by atoms with E-state index in [1.807, 2.05) is 0 Å². The van der Waals surface area contributed by atoms with E-state index in [1.54, 1.807) is 13.0 Å². The summed E-state index contributed by atoms with van der Waals surface area (Å²) in [5.41, 5.74) is 0.650.